The van der Waals surface area contributed by atoms with Crippen LogP contribution in [0.4, 0.5) is 4.39 Å². The largest absolute Gasteiger partial charge is 0.207 e. The Labute approximate surface area is 70.8 Å². The summed E-state index contributed by atoms with van der Waals surface area (Å²) in [7, 11) is 0. The zero-order valence-corrected chi connectivity index (χ0v) is 6.94. The van der Waals surface area contributed by atoms with E-state index in [0.29, 0.717) is 5.25 Å². The van der Waals surface area contributed by atoms with Crippen molar-refractivity contribution < 1.29 is 4.39 Å². The molecule has 1 aliphatic carbocycles. The number of benzene rings is 1. The summed E-state index contributed by atoms with van der Waals surface area (Å²) in [4.78, 5) is 0. The van der Waals surface area contributed by atoms with Crippen LogP contribution in [-0.2, 0) is 6.42 Å². The molecule has 1 aromatic rings. The van der Waals surface area contributed by atoms with E-state index in [0.717, 1.165) is 18.4 Å². The monoisotopic (exact) mass is 168 g/mol. The molecule has 58 valence electrons. The molecular formula is C9H9FS. The second-order valence-electron chi connectivity index (χ2n) is 2.90. The maximum Gasteiger partial charge on any atom is 0.123 e. The average Bonchev–Trinajstić information content (AvgIpc) is 2.32. The summed E-state index contributed by atoms with van der Waals surface area (Å²) in [5.41, 5.74) is 2.33. The number of halogens is 1. The number of hydrogen-bond donors (Lipinski definition) is 1. The Morgan fingerprint density at radius 3 is 3.09 bits per heavy atom. The molecule has 0 radical (unpaired) electrons. The third-order valence-electron chi connectivity index (χ3n) is 2.15. The number of thiol groups is 1. The van der Waals surface area contributed by atoms with E-state index < -0.39 is 0 Å². The molecule has 2 heteroatoms. The van der Waals surface area contributed by atoms with E-state index >= 15 is 0 Å². The van der Waals surface area contributed by atoms with Gasteiger partial charge in [-0.25, -0.2) is 4.39 Å². The van der Waals surface area contributed by atoms with E-state index in [2.05, 4.69) is 12.6 Å². The number of hydrogen-bond acceptors (Lipinski definition) is 1. The molecule has 1 aliphatic rings. The minimum absolute atomic E-state index is 0.133. The van der Waals surface area contributed by atoms with Crippen molar-refractivity contribution in [2.75, 3.05) is 0 Å². The summed E-state index contributed by atoms with van der Waals surface area (Å²) in [5, 5.41) is 0.325. The van der Waals surface area contributed by atoms with Crippen molar-refractivity contribution in [3.8, 4) is 0 Å². The van der Waals surface area contributed by atoms with Gasteiger partial charge in [0.15, 0.2) is 0 Å². The van der Waals surface area contributed by atoms with Gasteiger partial charge < -0.3 is 0 Å². The van der Waals surface area contributed by atoms with Crippen molar-refractivity contribution in [3.05, 3.63) is 35.1 Å². The Morgan fingerprint density at radius 2 is 2.27 bits per heavy atom. The molecule has 0 bridgehead atoms. The van der Waals surface area contributed by atoms with Gasteiger partial charge in [-0.2, -0.15) is 12.6 Å². The molecule has 1 atom stereocenters. The molecule has 1 aromatic carbocycles. The highest BCUT2D eigenvalue weighted by molar-refractivity contribution is 7.80. The first kappa shape index (κ1) is 7.17. The van der Waals surface area contributed by atoms with Crippen LogP contribution < -0.4 is 0 Å². The summed E-state index contributed by atoms with van der Waals surface area (Å²) in [6.07, 6.45) is 2.02. The van der Waals surface area contributed by atoms with Gasteiger partial charge in [-0.3, -0.25) is 0 Å². The molecule has 0 aliphatic heterocycles. The van der Waals surface area contributed by atoms with Crippen LogP contribution in [0.5, 0.6) is 0 Å². The Bertz CT molecular complexity index is 283. The van der Waals surface area contributed by atoms with Crippen LogP contribution >= 0.6 is 12.6 Å². The molecule has 2 rings (SSSR count). The van der Waals surface area contributed by atoms with Crippen LogP contribution in [0.2, 0.25) is 0 Å². The highest BCUT2D eigenvalue weighted by Gasteiger charge is 2.18. The van der Waals surface area contributed by atoms with E-state index in [-0.39, 0.29) is 5.82 Å². The fraction of sp³-hybridized carbons (Fsp3) is 0.333. The summed E-state index contributed by atoms with van der Waals surface area (Å²) in [6, 6.07) is 4.97. The number of aryl methyl sites for hydroxylation is 1. The molecule has 0 fully saturated rings. The summed E-state index contributed by atoms with van der Waals surface area (Å²) in [6.45, 7) is 0. The summed E-state index contributed by atoms with van der Waals surface area (Å²) >= 11 is 4.38. The van der Waals surface area contributed by atoms with E-state index in [1.807, 2.05) is 6.07 Å². The van der Waals surface area contributed by atoms with Gasteiger partial charge in [-0.1, -0.05) is 6.07 Å². The van der Waals surface area contributed by atoms with Crippen LogP contribution in [0.1, 0.15) is 22.8 Å². The van der Waals surface area contributed by atoms with Crippen molar-refractivity contribution in [2.24, 2.45) is 0 Å². The van der Waals surface area contributed by atoms with Gasteiger partial charge in [-0.15, -0.1) is 0 Å². The van der Waals surface area contributed by atoms with Gasteiger partial charge in [0.1, 0.15) is 5.82 Å². The highest BCUT2D eigenvalue weighted by Crippen LogP contribution is 2.35. The highest BCUT2D eigenvalue weighted by atomic mass is 32.1. The van der Waals surface area contributed by atoms with Crippen molar-refractivity contribution in [1.29, 1.82) is 0 Å². The maximum atomic E-state index is 12.7. The molecule has 0 saturated carbocycles. The van der Waals surface area contributed by atoms with Crippen LogP contribution in [0.3, 0.4) is 0 Å². The van der Waals surface area contributed by atoms with Crippen LogP contribution in [0.25, 0.3) is 0 Å². The van der Waals surface area contributed by atoms with Gasteiger partial charge in [0.05, 0.1) is 0 Å². The Balaban J connectivity index is 2.50. The van der Waals surface area contributed by atoms with Gasteiger partial charge in [0, 0.05) is 5.25 Å². The van der Waals surface area contributed by atoms with Crippen LogP contribution in [-0.4, -0.2) is 0 Å². The lowest BCUT2D eigenvalue weighted by atomic mass is 10.1. The third kappa shape index (κ3) is 1.16. The smallest absolute Gasteiger partial charge is 0.123 e. The third-order valence-corrected chi connectivity index (χ3v) is 2.69. The minimum Gasteiger partial charge on any atom is -0.207 e. The predicted molar refractivity (Wildman–Crippen MR) is 46.4 cm³/mol. The fourth-order valence-electron chi connectivity index (χ4n) is 1.56. The van der Waals surface area contributed by atoms with Crippen LogP contribution in [0, 0.1) is 5.82 Å². The zero-order chi connectivity index (χ0) is 7.84. The van der Waals surface area contributed by atoms with E-state index in [4.69, 9.17) is 0 Å². The zero-order valence-electron chi connectivity index (χ0n) is 6.05. The van der Waals surface area contributed by atoms with Crippen molar-refractivity contribution in [2.45, 2.75) is 18.1 Å². The second-order valence-corrected chi connectivity index (χ2v) is 3.52. The second kappa shape index (κ2) is 2.52. The Morgan fingerprint density at radius 1 is 1.45 bits per heavy atom. The lowest BCUT2D eigenvalue weighted by Gasteiger charge is -2.01. The molecule has 0 heterocycles. The molecule has 0 saturated heterocycles. The predicted octanol–water partition coefficient (Wildman–Crippen LogP) is 2.74. The van der Waals surface area contributed by atoms with Crippen molar-refractivity contribution in [3.63, 3.8) is 0 Å². The van der Waals surface area contributed by atoms with Crippen LogP contribution in [0.15, 0.2) is 18.2 Å². The molecule has 11 heavy (non-hydrogen) atoms. The lowest BCUT2D eigenvalue weighted by Crippen LogP contribution is -1.84. The van der Waals surface area contributed by atoms with Gasteiger partial charge in [-0.05, 0) is 36.1 Å². The number of rotatable bonds is 0. The van der Waals surface area contributed by atoms with Crippen molar-refractivity contribution in [1.82, 2.24) is 0 Å². The molecular weight excluding hydrogens is 159 g/mol. The maximum absolute atomic E-state index is 12.7. The van der Waals surface area contributed by atoms with Crippen molar-refractivity contribution >= 4 is 12.6 Å². The molecule has 0 nitrogen and oxygen atoms in total. The van der Waals surface area contributed by atoms with E-state index in [9.17, 15) is 4.39 Å². The fourth-order valence-corrected chi connectivity index (χ4v) is 1.94. The summed E-state index contributed by atoms with van der Waals surface area (Å²) < 4.78 is 12.7. The first-order chi connectivity index (χ1) is 5.27. The summed E-state index contributed by atoms with van der Waals surface area (Å²) in [5.74, 6) is -0.133. The quantitative estimate of drug-likeness (QED) is 0.566. The minimum atomic E-state index is -0.133. The van der Waals surface area contributed by atoms with Gasteiger partial charge in [0.25, 0.3) is 0 Å². The molecule has 1 unspecified atom stereocenters. The Hall–Kier alpha value is -0.500. The van der Waals surface area contributed by atoms with E-state index in [1.54, 1.807) is 6.07 Å². The van der Waals surface area contributed by atoms with E-state index in [1.165, 1.54) is 11.6 Å². The van der Waals surface area contributed by atoms with Gasteiger partial charge >= 0.3 is 0 Å². The SMILES string of the molecule is Fc1ccc2c(c1)CCC2S. The topological polar surface area (TPSA) is 0 Å². The molecule has 0 amide bonds. The number of fused-ring (bicyclic) bond motifs is 1. The Kier molecular flexibility index (Phi) is 1.64. The molecule has 0 N–H and O–H groups in total. The van der Waals surface area contributed by atoms with Gasteiger partial charge in [0.2, 0.25) is 0 Å². The normalized spacial score (nSPS) is 21.8. The molecule has 0 aromatic heterocycles. The standard InChI is InChI=1S/C9H9FS/c10-7-2-3-8-6(5-7)1-4-9(8)11/h2-3,5,9,11H,1,4H2. The lowest BCUT2D eigenvalue weighted by molar-refractivity contribution is 0.626. The first-order valence-electron chi connectivity index (χ1n) is 3.74. The average molecular weight is 168 g/mol. The first-order valence-corrected chi connectivity index (χ1v) is 4.25. The molecule has 0 spiro atoms.